The number of hydrogen-bond donors (Lipinski definition) is 1. The molecular formula is C10H19F2NO. The first-order chi connectivity index (χ1) is 6.64. The van der Waals surface area contributed by atoms with Crippen molar-refractivity contribution in [2.24, 2.45) is 5.92 Å². The van der Waals surface area contributed by atoms with E-state index in [1.165, 1.54) is 19.9 Å². The van der Waals surface area contributed by atoms with Gasteiger partial charge < -0.3 is 10.1 Å². The predicted molar refractivity (Wildman–Crippen MR) is 51.7 cm³/mol. The minimum absolute atomic E-state index is 0.310. The lowest BCUT2D eigenvalue weighted by Gasteiger charge is -2.15. The van der Waals surface area contributed by atoms with Crippen LogP contribution in [0.5, 0.6) is 0 Å². The maximum absolute atomic E-state index is 12.8. The van der Waals surface area contributed by atoms with Gasteiger partial charge >= 0.3 is 0 Å². The van der Waals surface area contributed by atoms with Crippen molar-refractivity contribution < 1.29 is 13.5 Å². The Kier molecular flexibility index (Phi) is 4.75. The minimum atomic E-state index is -2.73. The van der Waals surface area contributed by atoms with Gasteiger partial charge in [-0.3, -0.25) is 0 Å². The van der Waals surface area contributed by atoms with E-state index in [4.69, 9.17) is 4.74 Å². The molecule has 0 saturated heterocycles. The third-order valence-corrected chi connectivity index (χ3v) is 2.35. The van der Waals surface area contributed by atoms with Crippen molar-refractivity contribution in [3.8, 4) is 0 Å². The second-order valence-corrected chi connectivity index (χ2v) is 4.02. The quantitative estimate of drug-likeness (QED) is 0.615. The summed E-state index contributed by atoms with van der Waals surface area (Å²) in [7, 11) is 1.51. The van der Waals surface area contributed by atoms with Gasteiger partial charge in [-0.2, -0.15) is 0 Å². The summed E-state index contributed by atoms with van der Waals surface area (Å²) in [5.74, 6) is -1.87. The van der Waals surface area contributed by atoms with Crippen LogP contribution in [0.2, 0.25) is 0 Å². The van der Waals surface area contributed by atoms with E-state index >= 15 is 0 Å². The smallest absolute Gasteiger partial charge is 0.283 e. The normalized spacial score (nSPS) is 17.4. The Morgan fingerprint density at radius 3 is 2.71 bits per heavy atom. The van der Waals surface area contributed by atoms with Crippen molar-refractivity contribution in [3.05, 3.63) is 0 Å². The number of ether oxygens (including phenoxy) is 1. The number of halogens is 2. The molecule has 1 fully saturated rings. The van der Waals surface area contributed by atoms with Crippen LogP contribution in [0.15, 0.2) is 0 Å². The Morgan fingerprint density at radius 2 is 2.14 bits per heavy atom. The molecule has 0 aromatic heterocycles. The molecule has 0 bridgehead atoms. The van der Waals surface area contributed by atoms with Crippen LogP contribution in [0.25, 0.3) is 0 Å². The number of rotatable bonds is 8. The fourth-order valence-corrected chi connectivity index (χ4v) is 1.41. The molecular weight excluding hydrogens is 188 g/mol. The van der Waals surface area contributed by atoms with E-state index in [1.807, 2.05) is 0 Å². The van der Waals surface area contributed by atoms with Gasteiger partial charge in [-0.15, -0.1) is 0 Å². The molecule has 1 aliphatic rings. The molecule has 1 rings (SSSR count). The summed E-state index contributed by atoms with van der Waals surface area (Å²) in [5, 5.41) is 2.45. The lowest BCUT2D eigenvalue weighted by atomic mass is 10.2. The summed E-state index contributed by atoms with van der Waals surface area (Å²) >= 11 is 0. The van der Waals surface area contributed by atoms with Crippen molar-refractivity contribution in [1.29, 1.82) is 0 Å². The van der Waals surface area contributed by atoms with Crippen molar-refractivity contribution in [1.82, 2.24) is 5.32 Å². The molecule has 84 valence electrons. The van der Waals surface area contributed by atoms with Crippen LogP contribution in [-0.4, -0.2) is 32.7 Å². The van der Waals surface area contributed by atoms with Crippen LogP contribution in [0.4, 0.5) is 8.78 Å². The molecule has 0 aliphatic heterocycles. The summed E-state index contributed by atoms with van der Waals surface area (Å²) in [6.45, 7) is -0.302. The highest BCUT2D eigenvalue weighted by Crippen LogP contribution is 2.33. The summed E-state index contributed by atoms with van der Waals surface area (Å²) in [5.41, 5.74) is 0. The molecule has 0 atom stereocenters. The van der Waals surface area contributed by atoms with E-state index < -0.39 is 12.5 Å². The van der Waals surface area contributed by atoms with Crippen molar-refractivity contribution >= 4 is 0 Å². The van der Waals surface area contributed by atoms with Crippen LogP contribution in [0.3, 0.4) is 0 Å². The fraction of sp³-hybridized carbons (Fsp3) is 1.00. The van der Waals surface area contributed by atoms with Gasteiger partial charge in [0.1, 0.15) is 6.61 Å². The Morgan fingerprint density at radius 1 is 1.43 bits per heavy atom. The molecule has 14 heavy (non-hydrogen) atoms. The molecule has 0 unspecified atom stereocenters. The highest BCUT2D eigenvalue weighted by molar-refractivity contribution is 4.72. The number of hydrogen-bond acceptors (Lipinski definition) is 2. The molecule has 4 heteroatoms. The van der Waals surface area contributed by atoms with E-state index in [0.29, 0.717) is 6.61 Å². The fourth-order valence-electron chi connectivity index (χ4n) is 1.41. The SMILES string of the molecule is CNCC(F)(F)COCCCC1CC1. The average Bonchev–Trinajstić information content (AvgIpc) is 2.87. The zero-order valence-electron chi connectivity index (χ0n) is 8.69. The molecule has 0 aromatic rings. The Labute approximate surface area is 84.0 Å². The zero-order valence-corrected chi connectivity index (χ0v) is 8.69. The Balaban J connectivity index is 1.90. The van der Waals surface area contributed by atoms with Gasteiger partial charge in [0.25, 0.3) is 5.92 Å². The first-order valence-corrected chi connectivity index (χ1v) is 5.24. The highest BCUT2D eigenvalue weighted by atomic mass is 19.3. The van der Waals surface area contributed by atoms with Gasteiger partial charge in [-0.1, -0.05) is 12.8 Å². The van der Waals surface area contributed by atoms with E-state index in [2.05, 4.69) is 5.32 Å². The number of alkyl halides is 2. The van der Waals surface area contributed by atoms with Crippen LogP contribution >= 0.6 is 0 Å². The maximum Gasteiger partial charge on any atom is 0.283 e. The topological polar surface area (TPSA) is 21.3 Å². The van der Waals surface area contributed by atoms with E-state index in [9.17, 15) is 8.78 Å². The average molecular weight is 207 g/mol. The van der Waals surface area contributed by atoms with Crippen molar-refractivity contribution in [3.63, 3.8) is 0 Å². The standard InChI is InChI=1S/C10H19F2NO/c1-13-7-10(11,12)8-14-6-2-3-9-4-5-9/h9,13H,2-8H2,1H3. The van der Waals surface area contributed by atoms with Crippen LogP contribution in [-0.2, 0) is 4.74 Å². The molecule has 1 aliphatic carbocycles. The zero-order chi connectivity index (χ0) is 10.4. The molecule has 0 radical (unpaired) electrons. The Hall–Kier alpha value is -0.220. The molecule has 0 heterocycles. The second kappa shape index (κ2) is 5.61. The molecule has 0 spiro atoms. The van der Waals surface area contributed by atoms with E-state index in [-0.39, 0.29) is 6.54 Å². The molecule has 0 aromatic carbocycles. The first-order valence-electron chi connectivity index (χ1n) is 5.24. The lowest BCUT2D eigenvalue weighted by Crippen LogP contribution is -2.35. The summed E-state index contributed by atoms with van der Waals surface area (Å²) in [6, 6.07) is 0. The van der Waals surface area contributed by atoms with Gasteiger partial charge in [-0.05, 0) is 25.8 Å². The van der Waals surface area contributed by atoms with Crippen molar-refractivity contribution in [2.75, 3.05) is 26.8 Å². The molecule has 0 amide bonds. The second-order valence-electron chi connectivity index (χ2n) is 4.02. The number of nitrogens with one attached hydrogen (secondary N) is 1. The molecule has 2 nitrogen and oxygen atoms in total. The lowest BCUT2D eigenvalue weighted by molar-refractivity contribution is -0.0741. The predicted octanol–water partition coefficient (Wildman–Crippen LogP) is 2.05. The van der Waals surface area contributed by atoms with Gasteiger partial charge in [-0.25, -0.2) is 8.78 Å². The minimum Gasteiger partial charge on any atom is -0.375 e. The summed E-state index contributed by atoms with van der Waals surface area (Å²) < 4.78 is 30.6. The van der Waals surface area contributed by atoms with Gasteiger partial charge in [0, 0.05) is 6.61 Å². The van der Waals surface area contributed by atoms with Gasteiger partial charge in [0.15, 0.2) is 0 Å². The summed E-state index contributed by atoms with van der Waals surface area (Å²) in [4.78, 5) is 0. The largest absolute Gasteiger partial charge is 0.375 e. The Bertz CT molecular complexity index is 160. The highest BCUT2D eigenvalue weighted by Gasteiger charge is 2.28. The molecule has 1 saturated carbocycles. The van der Waals surface area contributed by atoms with E-state index in [1.54, 1.807) is 0 Å². The van der Waals surface area contributed by atoms with Gasteiger partial charge in [0.05, 0.1) is 6.54 Å². The van der Waals surface area contributed by atoms with Crippen LogP contribution in [0.1, 0.15) is 25.7 Å². The maximum atomic E-state index is 12.8. The van der Waals surface area contributed by atoms with Crippen molar-refractivity contribution in [2.45, 2.75) is 31.6 Å². The monoisotopic (exact) mass is 207 g/mol. The van der Waals surface area contributed by atoms with Crippen LogP contribution < -0.4 is 5.32 Å². The third-order valence-electron chi connectivity index (χ3n) is 2.35. The van der Waals surface area contributed by atoms with E-state index in [0.717, 1.165) is 18.8 Å². The first kappa shape index (κ1) is 11.9. The van der Waals surface area contributed by atoms with Gasteiger partial charge in [0.2, 0.25) is 0 Å². The summed E-state index contributed by atoms with van der Waals surface area (Å²) in [6.07, 6.45) is 4.68. The third kappa shape index (κ3) is 5.50. The van der Waals surface area contributed by atoms with Crippen LogP contribution in [0, 0.1) is 5.92 Å². The molecule has 1 N–H and O–H groups in total.